The number of aromatic nitrogens is 1. The molecule has 62 heavy (non-hydrogen) atoms. The lowest BCUT2D eigenvalue weighted by atomic mass is 9.82. The Morgan fingerprint density at radius 2 is 0.919 bits per heavy atom. The lowest BCUT2D eigenvalue weighted by molar-refractivity contribution is 0.660. The average Bonchev–Trinajstić information content (AvgIpc) is 3.85. The Morgan fingerprint density at radius 1 is 0.355 bits per heavy atom. The fourth-order valence-electron chi connectivity index (χ4n) is 10.9. The molecule has 9 aromatic carbocycles. The van der Waals surface area contributed by atoms with Gasteiger partial charge in [-0.2, -0.15) is 0 Å². The van der Waals surface area contributed by atoms with Crippen LogP contribution >= 0.6 is 0 Å². The molecule has 0 radical (unpaired) electrons. The van der Waals surface area contributed by atoms with Gasteiger partial charge in [0.15, 0.2) is 0 Å². The van der Waals surface area contributed by atoms with Crippen LogP contribution in [0.4, 0.5) is 17.1 Å². The molecule has 0 spiro atoms. The summed E-state index contributed by atoms with van der Waals surface area (Å²) in [6.45, 7) is 9.46. The van der Waals surface area contributed by atoms with Crippen molar-refractivity contribution in [1.82, 2.24) is 4.57 Å². The first-order valence-corrected chi connectivity index (χ1v) is 21.9. The Balaban J connectivity index is 1.04. The molecule has 0 N–H and O–H groups in total. The number of nitrogens with zero attached hydrogens (tertiary/aromatic N) is 2. The maximum Gasteiger partial charge on any atom is 0.0544 e. The van der Waals surface area contributed by atoms with Crippen LogP contribution in [0.3, 0.4) is 0 Å². The number of fused-ring (bicyclic) bond motifs is 9. The van der Waals surface area contributed by atoms with E-state index in [1.54, 1.807) is 0 Å². The van der Waals surface area contributed by atoms with E-state index in [1.807, 2.05) is 0 Å². The summed E-state index contributed by atoms with van der Waals surface area (Å²) in [7, 11) is 0. The maximum atomic E-state index is 2.49. The van der Waals surface area contributed by atoms with Gasteiger partial charge < -0.3 is 9.47 Å². The highest BCUT2D eigenvalue weighted by Gasteiger charge is 2.38. The molecule has 12 rings (SSSR count). The van der Waals surface area contributed by atoms with Gasteiger partial charge in [-0.05, 0) is 116 Å². The summed E-state index contributed by atoms with van der Waals surface area (Å²) < 4.78 is 2.46. The number of rotatable bonds is 6. The van der Waals surface area contributed by atoms with Gasteiger partial charge in [0, 0.05) is 44.1 Å². The van der Waals surface area contributed by atoms with Crippen molar-refractivity contribution in [3.63, 3.8) is 0 Å². The van der Waals surface area contributed by atoms with Crippen LogP contribution in [0.2, 0.25) is 0 Å². The molecular weight excluding hydrogens is 749 g/mol. The molecule has 0 fully saturated rings. The predicted octanol–water partition coefficient (Wildman–Crippen LogP) is 16.2. The highest BCUT2D eigenvalue weighted by molar-refractivity contribution is 6.13. The van der Waals surface area contributed by atoms with Gasteiger partial charge in [0.2, 0.25) is 0 Å². The molecule has 1 heterocycles. The van der Waals surface area contributed by atoms with Crippen molar-refractivity contribution >= 4 is 38.9 Å². The van der Waals surface area contributed by atoms with Crippen LogP contribution in [0.15, 0.2) is 206 Å². The van der Waals surface area contributed by atoms with Gasteiger partial charge in [-0.3, -0.25) is 0 Å². The third kappa shape index (κ3) is 5.29. The molecule has 10 aromatic rings. The van der Waals surface area contributed by atoms with Crippen molar-refractivity contribution in [3.05, 3.63) is 229 Å². The highest BCUT2D eigenvalue weighted by Crippen LogP contribution is 2.55. The van der Waals surface area contributed by atoms with Gasteiger partial charge in [0.1, 0.15) is 0 Å². The van der Waals surface area contributed by atoms with Gasteiger partial charge in [-0.1, -0.05) is 173 Å². The molecule has 0 atom stereocenters. The van der Waals surface area contributed by atoms with E-state index in [4.69, 9.17) is 0 Å². The van der Waals surface area contributed by atoms with Gasteiger partial charge in [0.05, 0.1) is 22.4 Å². The number of anilines is 3. The number of benzene rings is 9. The van der Waals surface area contributed by atoms with Crippen molar-refractivity contribution in [2.45, 2.75) is 38.5 Å². The van der Waals surface area contributed by atoms with E-state index in [0.717, 1.165) is 11.4 Å². The zero-order chi connectivity index (χ0) is 41.7. The zero-order valence-corrected chi connectivity index (χ0v) is 35.5. The van der Waals surface area contributed by atoms with Crippen LogP contribution in [0, 0.1) is 0 Å². The van der Waals surface area contributed by atoms with Crippen LogP contribution in [0.1, 0.15) is 49.9 Å². The lowest BCUT2D eigenvalue weighted by Gasteiger charge is -2.30. The summed E-state index contributed by atoms with van der Waals surface area (Å²) in [6.07, 6.45) is 0. The molecule has 0 bridgehead atoms. The van der Waals surface area contributed by atoms with Gasteiger partial charge >= 0.3 is 0 Å². The van der Waals surface area contributed by atoms with E-state index in [1.165, 1.54) is 99.9 Å². The molecule has 2 aliphatic rings. The smallest absolute Gasteiger partial charge is 0.0544 e. The van der Waals surface area contributed by atoms with Gasteiger partial charge in [0.25, 0.3) is 0 Å². The summed E-state index contributed by atoms with van der Waals surface area (Å²) >= 11 is 0. The van der Waals surface area contributed by atoms with Gasteiger partial charge in [-0.15, -0.1) is 0 Å². The first kappa shape index (κ1) is 36.4. The van der Waals surface area contributed by atoms with E-state index in [2.05, 4.69) is 243 Å². The van der Waals surface area contributed by atoms with E-state index in [9.17, 15) is 0 Å². The first-order valence-electron chi connectivity index (χ1n) is 21.9. The van der Waals surface area contributed by atoms with E-state index in [0.29, 0.717) is 0 Å². The Hall–Kier alpha value is -7.42. The minimum Gasteiger partial charge on any atom is -0.309 e. The molecule has 0 saturated heterocycles. The Bertz CT molecular complexity index is 3390. The van der Waals surface area contributed by atoms with Crippen LogP contribution in [0.25, 0.3) is 72.0 Å². The Labute approximate surface area is 364 Å². The Kier molecular flexibility index (Phi) is 7.96. The lowest BCUT2D eigenvalue weighted by Crippen LogP contribution is -2.16. The molecule has 1 aromatic heterocycles. The van der Waals surface area contributed by atoms with Crippen molar-refractivity contribution in [2.75, 3.05) is 4.90 Å². The maximum absolute atomic E-state index is 2.49. The van der Waals surface area contributed by atoms with E-state index >= 15 is 0 Å². The first-order chi connectivity index (χ1) is 30.3. The molecular formula is C60H46N2. The Morgan fingerprint density at radius 3 is 1.68 bits per heavy atom. The summed E-state index contributed by atoms with van der Waals surface area (Å²) in [5, 5.41) is 2.54. The van der Waals surface area contributed by atoms with Gasteiger partial charge in [-0.25, -0.2) is 0 Å². The summed E-state index contributed by atoms with van der Waals surface area (Å²) in [6, 6.07) is 76.4. The minimum atomic E-state index is -0.113. The largest absolute Gasteiger partial charge is 0.309 e. The topological polar surface area (TPSA) is 8.17 Å². The van der Waals surface area contributed by atoms with Crippen molar-refractivity contribution < 1.29 is 0 Å². The molecule has 0 aliphatic heterocycles. The molecule has 2 heteroatoms. The summed E-state index contributed by atoms with van der Waals surface area (Å²) in [4.78, 5) is 2.49. The van der Waals surface area contributed by atoms with Crippen LogP contribution in [-0.2, 0) is 10.8 Å². The molecule has 0 unspecified atom stereocenters. The average molecular weight is 795 g/mol. The second kappa shape index (κ2) is 13.5. The standard InChI is InChI=1S/C60H46N2/c1-59(2)51-26-15-12-24-46(51)58-52(59)27-17-29-56(58)61(54-28-16-13-22-44(54)40-18-7-5-8-19-40)43-33-30-39(31-34-43)41-32-35-55-48(36-41)49-37-47-45-23-11-14-25-50(45)60(3,4)53(47)38-57(49)62(55)42-20-9-6-10-21-42/h5-38H,1-4H3. The van der Waals surface area contributed by atoms with Crippen LogP contribution < -0.4 is 4.90 Å². The normalized spacial score (nSPS) is 14.1. The third-order valence-corrected chi connectivity index (χ3v) is 14.0. The molecule has 0 saturated carbocycles. The molecule has 296 valence electrons. The summed E-state index contributed by atoms with van der Waals surface area (Å²) in [5.74, 6) is 0. The number of hydrogen-bond donors (Lipinski definition) is 0. The van der Waals surface area contributed by atoms with Crippen molar-refractivity contribution in [3.8, 4) is 50.2 Å². The molecule has 2 aliphatic carbocycles. The molecule has 0 amide bonds. The van der Waals surface area contributed by atoms with E-state index < -0.39 is 0 Å². The fraction of sp³-hybridized carbons (Fsp3) is 0.100. The second-order valence-corrected chi connectivity index (χ2v) is 18.1. The SMILES string of the molecule is CC1(C)c2ccccc2-c2cc3c4cc(-c5ccc(N(c6ccccc6-c6ccccc6)c6cccc7c6-c6ccccc6C7(C)C)cc5)ccc4n(-c4ccccc4)c3cc21. The zero-order valence-electron chi connectivity index (χ0n) is 35.5. The van der Waals surface area contributed by atoms with Crippen LogP contribution in [-0.4, -0.2) is 4.57 Å². The predicted molar refractivity (Wildman–Crippen MR) is 261 cm³/mol. The minimum absolute atomic E-state index is 0.0834. The van der Waals surface area contributed by atoms with E-state index in [-0.39, 0.29) is 10.8 Å². The van der Waals surface area contributed by atoms with Crippen molar-refractivity contribution in [1.29, 1.82) is 0 Å². The second-order valence-electron chi connectivity index (χ2n) is 18.1. The number of para-hydroxylation sites is 2. The summed E-state index contributed by atoms with van der Waals surface area (Å²) in [5.41, 5.74) is 22.5. The fourth-order valence-corrected chi connectivity index (χ4v) is 10.9. The quantitative estimate of drug-likeness (QED) is 0.163. The number of hydrogen-bond acceptors (Lipinski definition) is 1. The third-order valence-electron chi connectivity index (χ3n) is 14.0. The molecule has 2 nitrogen and oxygen atoms in total. The highest BCUT2D eigenvalue weighted by atomic mass is 15.1. The van der Waals surface area contributed by atoms with Crippen LogP contribution in [0.5, 0.6) is 0 Å². The monoisotopic (exact) mass is 794 g/mol. The van der Waals surface area contributed by atoms with Crippen molar-refractivity contribution in [2.24, 2.45) is 0 Å².